The summed E-state index contributed by atoms with van der Waals surface area (Å²) in [4.78, 5) is 27.0. The Bertz CT molecular complexity index is 120. The van der Waals surface area contributed by atoms with Crippen molar-refractivity contribution in [3.63, 3.8) is 0 Å². The molecule has 0 saturated heterocycles. The van der Waals surface area contributed by atoms with Crippen molar-refractivity contribution in [3.8, 4) is 0 Å². The molecule has 10 heteroatoms. The van der Waals surface area contributed by atoms with Gasteiger partial charge < -0.3 is 26.3 Å². The molecule has 0 aliphatic heterocycles. The maximum absolute atomic E-state index is 9.00. The van der Waals surface area contributed by atoms with Crippen LogP contribution in [0.3, 0.4) is 0 Å². The van der Waals surface area contributed by atoms with Gasteiger partial charge in [-0.3, -0.25) is 14.4 Å². The summed E-state index contributed by atoms with van der Waals surface area (Å²) in [6.45, 7) is 3.25. The third-order valence-electron chi connectivity index (χ3n) is 0. The predicted octanol–water partition coefficient (Wildman–Crippen LogP) is -6.07. The molecule has 0 aliphatic carbocycles. The van der Waals surface area contributed by atoms with Crippen LogP contribution in [0.5, 0.6) is 0 Å². The van der Waals surface area contributed by atoms with Crippen molar-refractivity contribution in [2.75, 3.05) is 0 Å². The average Bonchev–Trinajstić information content (AvgIpc) is 1.54. The molecule has 8 nitrogen and oxygen atoms in total. The summed E-state index contributed by atoms with van der Waals surface area (Å²) in [6.07, 6.45) is 0. The number of carboxylic acid groups (broad SMARTS) is 3. The van der Waals surface area contributed by atoms with E-state index in [9.17, 15) is 0 Å². The van der Waals surface area contributed by atoms with Gasteiger partial charge in [0.15, 0.2) is 0 Å². The summed E-state index contributed by atoms with van der Waals surface area (Å²) in [5, 5.41) is 22.2. The third-order valence-corrected chi connectivity index (χ3v) is 0. The maximum atomic E-state index is 9.00. The Kier molecular flexibility index (Phi) is 99.6. The van der Waals surface area contributed by atoms with Crippen molar-refractivity contribution in [1.29, 1.82) is 0 Å². The Labute approximate surface area is 137 Å². The zero-order chi connectivity index (χ0) is 10.7. The van der Waals surface area contributed by atoms with E-state index in [-0.39, 0.29) is 70.1 Å². The number of aliphatic carboxylic acids is 3. The van der Waals surface area contributed by atoms with Crippen LogP contribution in [0.1, 0.15) is 20.8 Å². The van der Waals surface area contributed by atoms with Gasteiger partial charge in [-0.1, -0.05) is 0 Å². The van der Waals surface area contributed by atoms with Crippen LogP contribution in [0.2, 0.25) is 0 Å². The van der Waals surface area contributed by atoms with Crippen molar-refractivity contribution < 1.29 is 99.8 Å². The SMILES string of the molecule is CC(=O)O.CC(=O)O.CC(=O)O.[Na+].[Na+].[OH-].[OH-]. The van der Waals surface area contributed by atoms with Gasteiger partial charge in [-0.25, -0.2) is 0 Å². The summed E-state index contributed by atoms with van der Waals surface area (Å²) >= 11 is 0. The molecule has 0 rings (SSSR count). The van der Waals surface area contributed by atoms with E-state index in [1.54, 1.807) is 0 Å². The molecule has 0 atom stereocenters. The van der Waals surface area contributed by atoms with E-state index in [0.717, 1.165) is 20.8 Å². The fraction of sp³-hybridized carbons (Fsp3) is 0.500. The number of hydrogen-bond acceptors (Lipinski definition) is 5. The molecule has 0 spiro atoms. The third kappa shape index (κ3) is 23400. The Balaban J connectivity index is -0.0000000135. The quantitative estimate of drug-likeness (QED) is 0.361. The van der Waals surface area contributed by atoms with Gasteiger partial charge in [-0.05, 0) is 0 Å². The first-order valence-electron chi connectivity index (χ1n) is 2.78. The van der Waals surface area contributed by atoms with Gasteiger partial charge in [0, 0.05) is 20.8 Å². The standard InChI is InChI=1S/3C2H4O2.2Na.2H2O/c3*1-2(3)4;;;;/h3*1H3,(H,3,4);;;2*1H2/q;;;2*+1;;/p-2. The largest absolute Gasteiger partial charge is 1.00 e. The normalized spacial score (nSPS) is 4.69. The second-order valence-electron chi connectivity index (χ2n) is 1.56. The van der Waals surface area contributed by atoms with Gasteiger partial charge >= 0.3 is 59.1 Å². The van der Waals surface area contributed by atoms with Gasteiger partial charge in [0.1, 0.15) is 0 Å². The molecule has 0 aliphatic rings. The fourth-order valence-electron chi connectivity index (χ4n) is 0. The first kappa shape index (κ1) is 44.1. The van der Waals surface area contributed by atoms with Crippen molar-refractivity contribution in [3.05, 3.63) is 0 Å². The molecule has 0 radical (unpaired) electrons. The first-order chi connectivity index (χ1) is 5.20. The Morgan fingerprint density at radius 1 is 0.625 bits per heavy atom. The molecule has 0 aromatic heterocycles. The number of carbonyl (C=O) groups is 3. The molecule has 0 fully saturated rings. The van der Waals surface area contributed by atoms with Crippen molar-refractivity contribution >= 4 is 17.9 Å². The van der Waals surface area contributed by atoms with Crippen LogP contribution >= 0.6 is 0 Å². The summed E-state index contributed by atoms with van der Waals surface area (Å²) < 4.78 is 0. The molecule has 0 unspecified atom stereocenters. The minimum absolute atomic E-state index is 0. The summed E-state index contributed by atoms with van der Waals surface area (Å²) in [5.74, 6) is -2.50. The molecule has 0 bridgehead atoms. The van der Waals surface area contributed by atoms with Crippen LogP contribution in [-0.4, -0.2) is 44.2 Å². The minimum atomic E-state index is -0.833. The summed E-state index contributed by atoms with van der Waals surface area (Å²) in [5.41, 5.74) is 0. The van der Waals surface area contributed by atoms with E-state index in [4.69, 9.17) is 29.7 Å². The van der Waals surface area contributed by atoms with Crippen LogP contribution in [0.4, 0.5) is 0 Å². The van der Waals surface area contributed by atoms with Crippen molar-refractivity contribution in [1.82, 2.24) is 0 Å². The minimum Gasteiger partial charge on any atom is -0.870 e. The number of rotatable bonds is 0. The molecular weight excluding hydrogens is 246 g/mol. The fourth-order valence-corrected chi connectivity index (χ4v) is 0. The maximum Gasteiger partial charge on any atom is 1.00 e. The van der Waals surface area contributed by atoms with E-state index in [1.165, 1.54) is 0 Å². The van der Waals surface area contributed by atoms with Crippen LogP contribution in [0.25, 0.3) is 0 Å². The number of hydrogen-bond donors (Lipinski definition) is 3. The molecule has 0 aromatic carbocycles. The van der Waals surface area contributed by atoms with E-state index in [2.05, 4.69) is 0 Å². The number of carboxylic acids is 3. The van der Waals surface area contributed by atoms with Crippen LogP contribution in [0, 0.1) is 0 Å². The Morgan fingerprint density at radius 3 is 0.625 bits per heavy atom. The zero-order valence-corrected chi connectivity index (χ0v) is 14.0. The Morgan fingerprint density at radius 2 is 0.625 bits per heavy atom. The van der Waals surface area contributed by atoms with Gasteiger partial charge in [-0.2, -0.15) is 0 Å². The smallest absolute Gasteiger partial charge is 0.870 e. The monoisotopic (exact) mass is 260 g/mol. The van der Waals surface area contributed by atoms with Crippen LogP contribution < -0.4 is 59.1 Å². The van der Waals surface area contributed by atoms with Gasteiger partial charge in [-0.15, -0.1) is 0 Å². The molecule has 16 heavy (non-hydrogen) atoms. The van der Waals surface area contributed by atoms with E-state index >= 15 is 0 Å². The van der Waals surface area contributed by atoms with Gasteiger partial charge in [0.05, 0.1) is 0 Å². The van der Waals surface area contributed by atoms with Crippen LogP contribution in [-0.2, 0) is 14.4 Å². The van der Waals surface area contributed by atoms with Crippen LogP contribution in [0.15, 0.2) is 0 Å². The van der Waals surface area contributed by atoms with Gasteiger partial charge in [0.2, 0.25) is 0 Å². The first-order valence-corrected chi connectivity index (χ1v) is 2.78. The molecule has 0 aromatic rings. The van der Waals surface area contributed by atoms with Crippen molar-refractivity contribution in [2.24, 2.45) is 0 Å². The second-order valence-corrected chi connectivity index (χ2v) is 1.56. The van der Waals surface area contributed by atoms with E-state index in [0.29, 0.717) is 0 Å². The van der Waals surface area contributed by atoms with Gasteiger partial charge in [0.25, 0.3) is 17.9 Å². The molecule has 88 valence electrons. The van der Waals surface area contributed by atoms with Crippen molar-refractivity contribution in [2.45, 2.75) is 20.8 Å². The second kappa shape index (κ2) is 36.2. The molecule has 0 amide bonds. The zero-order valence-electron chi connectivity index (χ0n) is 9.96. The topological polar surface area (TPSA) is 172 Å². The Hall–Kier alpha value is 0.330. The summed E-state index contributed by atoms with van der Waals surface area (Å²) in [6, 6.07) is 0. The molecule has 0 saturated carbocycles. The van der Waals surface area contributed by atoms with E-state index < -0.39 is 17.9 Å². The molecule has 5 N–H and O–H groups in total. The average molecular weight is 260 g/mol. The molecular formula is C6H14Na2O8. The molecule has 0 heterocycles. The van der Waals surface area contributed by atoms with E-state index in [1.807, 2.05) is 0 Å². The predicted molar refractivity (Wildman–Crippen MR) is 43.8 cm³/mol. The summed E-state index contributed by atoms with van der Waals surface area (Å²) in [7, 11) is 0.